The van der Waals surface area contributed by atoms with E-state index in [1.165, 1.54) is 6.92 Å². The summed E-state index contributed by atoms with van der Waals surface area (Å²) in [4.78, 5) is 33.7. The number of nitriles is 1. The van der Waals surface area contributed by atoms with Crippen molar-refractivity contribution in [3.05, 3.63) is 0 Å². The second-order valence-electron chi connectivity index (χ2n) is 6.19. The number of rotatable bonds is 12. The van der Waals surface area contributed by atoms with Crippen molar-refractivity contribution in [3.8, 4) is 6.07 Å². The Kier molecular flexibility index (Phi) is 25.4. The molecule has 0 radical (unpaired) electrons. The smallest absolute Gasteiger partial charge is 0.480 e. The molecule has 0 aliphatic rings. The number of carboxylic acids is 3. The maximum atomic E-state index is 10.3. The first-order valence-electron chi connectivity index (χ1n) is 13.8. The van der Waals surface area contributed by atoms with Crippen molar-refractivity contribution in [1.29, 1.82) is 16.0 Å². The minimum absolute atomic E-state index is 0. The Bertz CT molecular complexity index is 897. The Hall–Kier alpha value is -2.46. The van der Waals surface area contributed by atoms with Gasteiger partial charge < -0.3 is 55.5 Å². The summed E-state index contributed by atoms with van der Waals surface area (Å²) in [6.45, 7) is -2.26. The number of aliphatic carboxylic acids is 3. The van der Waals surface area contributed by atoms with Crippen LogP contribution in [-0.4, -0.2) is 89.8 Å². The van der Waals surface area contributed by atoms with Gasteiger partial charge >= 0.3 is 47.5 Å². The number of nitrogens with one attached hydrogen (secondary N) is 1. The third kappa shape index (κ3) is 48.9. The number of hydrogen-bond donors (Lipinski definition) is 11. The first-order valence-corrected chi connectivity index (χ1v) is 9.51. The van der Waals surface area contributed by atoms with Crippen LogP contribution in [0.4, 0.5) is 0 Å². The van der Waals surface area contributed by atoms with E-state index < -0.39 is 57.3 Å². The van der Waals surface area contributed by atoms with Gasteiger partial charge in [0.15, 0.2) is 5.96 Å². The minimum atomic E-state index is -3.00. The van der Waals surface area contributed by atoms with Gasteiger partial charge in [-0.2, -0.15) is 5.26 Å². The van der Waals surface area contributed by atoms with E-state index in [-0.39, 0.29) is 79.9 Å². The Morgan fingerprint density at radius 3 is 1.61 bits per heavy atom. The SMILES string of the molecule is CC(=N)N.N#CCC[C@H](N)C(=O)O.[2H]C([2H])(CC[C@H](N)C(=O)O)N=C(N)N.[2H]C([2H])(N)CC[C@H](N)C(=O)O.[2H][B-]([2H])([2H])[2H].[Na+]. The number of aliphatic imine (C=N–C) groups is 1. The molecule has 0 aromatic carbocycles. The fourth-order valence-electron chi connectivity index (χ4n) is 1.20. The quantitative estimate of drug-likeness (QED) is 0.0624. The van der Waals surface area contributed by atoms with Crippen LogP contribution in [0.15, 0.2) is 4.99 Å². The molecule has 0 bridgehead atoms. The van der Waals surface area contributed by atoms with E-state index in [4.69, 9.17) is 77.0 Å². The summed E-state index contributed by atoms with van der Waals surface area (Å²) in [5.74, 6) is -3.57. The van der Waals surface area contributed by atoms with E-state index in [0.717, 1.165) is 0 Å². The van der Waals surface area contributed by atoms with Crippen molar-refractivity contribution in [3.63, 3.8) is 0 Å². The van der Waals surface area contributed by atoms with Crippen molar-refractivity contribution < 1.29 is 64.7 Å². The summed E-state index contributed by atoms with van der Waals surface area (Å²) in [5.41, 5.74) is 35.0. The Labute approximate surface area is 246 Å². The first kappa shape index (κ1) is 28.1. The van der Waals surface area contributed by atoms with Crippen molar-refractivity contribution in [2.24, 2.45) is 45.1 Å². The van der Waals surface area contributed by atoms with E-state index in [0.29, 0.717) is 0 Å². The molecule has 206 valence electrons. The molecule has 0 spiro atoms. The largest absolute Gasteiger partial charge is 1.00 e. The fourth-order valence-corrected chi connectivity index (χ4v) is 1.20. The van der Waals surface area contributed by atoms with Crippen LogP contribution in [0.25, 0.3) is 0 Å². The van der Waals surface area contributed by atoms with Crippen LogP contribution in [0.5, 0.6) is 0 Å². The molecule has 0 saturated heterocycles. The average molecular weight is 538 g/mol. The van der Waals surface area contributed by atoms with E-state index >= 15 is 0 Å². The number of carboxylic acid groups (broad SMARTS) is 3. The van der Waals surface area contributed by atoms with Crippen LogP contribution < -0.4 is 69.7 Å². The fraction of sp³-hybridized carbons (Fsp3) is 0.667. The molecule has 3 atom stereocenters. The van der Waals surface area contributed by atoms with E-state index in [1.807, 2.05) is 6.07 Å². The van der Waals surface area contributed by atoms with Gasteiger partial charge in [-0.15, -0.1) is 0 Å². The number of carbonyl (C=O) groups is 3. The van der Waals surface area contributed by atoms with Crippen LogP contribution >= 0.6 is 0 Å². The summed E-state index contributed by atoms with van der Waals surface area (Å²) in [5, 5.41) is 39.2. The molecule has 0 unspecified atom stereocenters. The number of hydrogen-bond acceptors (Lipinski definition) is 10. The van der Waals surface area contributed by atoms with Gasteiger partial charge in [0.1, 0.15) is 18.1 Å². The zero-order valence-electron chi connectivity index (χ0n) is 28.6. The normalized spacial score (nSPS) is 15.2. The van der Waals surface area contributed by atoms with Gasteiger partial charge in [0.2, 0.25) is 0 Å². The molecule has 16 nitrogen and oxygen atoms in total. The van der Waals surface area contributed by atoms with Crippen LogP contribution in [0.1, 0.15) is 50.9 Å². The predicted molar refractivity (Wildman–Crippen MR) is 139 cm³/mol. The molecule has 0 fully saturated rings. The van der Waals surface area contributed by atoms with Gasteiger partial charge in [-0.1, -0.05) is 8.27 Å². The summed E-state index contributed by atoms with van der Waals surface area (Å²) >= 11 is 0. The second-order valence-corrected chi connectivity index (χ2v) is 6.19. The monoisotopic (exact) mass is 538 g/mol. The molecular formula is C18H44BN10NaO6. The zero-order valence-corrected chi connectivity index (χ0v) is 22.6. The van der Waals surface area contributed by atoms with Crippen molar-refractivity contribution in [1.82, 2.24) is 0 Å². The van der Waals surface area contributed by atoms with Gasteiger partial charge in [0.05, 0.1) is 14.6 Å². The molecule has 36 heavy (non-hydrogen) atoms. The second kappa shape index (κ2) is 32.5. The molecule has 0 aromatic heterocycles. The molecule has 0 aliphatic carbocycles. The van der Waals surface area contributed by atoms with Gasteiger partial charge in [-0.25, -0.2) is 5.34 Å². The third-order valence-electron chi connectivity index (χ3n) is 2.89. The van der Waals surface area contributed by atoms with Gasteiger partial charge in [0.25, 0.3) is 0 Å². The molecule has 0 heterocycles. The van der Waals surface area contributed by atoms with Crippen LogP contribution in [0.3, 0.4) is 0 Å². The number of amidine groups is 1. The molecule has 0 rings (SSSR count). The molecule has 0 aromatic rings. The Morgan fingerprint density at radius 1 is 1.00 bits per heavy atom. The summed E-state index contributed by atoms with van der Waals surface area (Å²) in [6, 6.07) is -1.19. The third-order valence-corrected chi connectivity index (χ3v) is 2.89. The van der Waals surface area contributed by atoms with Crippen LogP contribution in [-0.2, 0) is 14.4 Å². The summed E-state index contributed by atoms with van der Waals surface area (Å²) < 4.78 is 52.2. The van der Waals surface area contributed by atoms with Crippen LogP contribution in [0, 0.1) is 16.7 Å². The predicted octanol–water partition coefficient (Wildman–Crippen LogP) is -7.21. The van der Waals surface area contributed by atoms with Crippen LogP contribution in [0.2, 0.25) is 0 Å². The summed E-state index contributed by atoms with van der Waals surface area (Å²) in [6.07, 6.45) is 0.274. The molecule has 0 saturated carbocycles. The maximum absolute atomic E-state index is 10.3. The molecule has 18 N–H and O–H groups in total. The molecule has 0 amide bonds. The average Bonchev–Trinajstić information content (AvgIpc) is 2.77. The summed E-state index contributed by atoms with van der Waals surface area (Å²) in [7, 11) is -3.00. The van der Waals surface area contributed by atoms with Gasteiger partial charge in [-0.05, 0) is 45.5 Å². The van der Waals surface area contributed by atoms with Gasteiger partial charge in [0, 0.05) is 15.7 Å². The standard InChI is InChI=1S/C6H14N4O2.C5H12N2O2.C5H8N2O2.C2H6N2.BH4.Na/c7-4(5(11)12)2-1-3-10-6(8)9;2*6-3-1-2-4(7)5(8)9;1-2(3)4;;/h4H,1-3,7H2,(H,11,12)(H4,8,9,10);4H,1-3,6-7H2,(H,8,9);4H,1-2,7H2,(H,8,9);1H3,(H3,3,4);1H4;/q;;;;-1;+1/t3*4-;;;/m000.../s1/i2*3D2;;;1D4;. The van der Waals surface area contributed by atoms with E-state index in [1.54, 1.807) is 0 Å². The number of nitrogens with two attached hydrogens (primary N) is 7. The van der Waals surface area contributed by atoms with Gasteiger partial charge in [-0.3, -0.25) is 24.8 Å². The number of nitrogens with zero attached hydrogens (tertiary/aromatic N) is 2. The topological polar surface area (TPSA) is 354 Å². The molecule has 18 heteroatoms. The molecule has 0 aliphatic heterocycles. The number of guanidine groups is 1. The molecular weight excluding hydrogens is 486 g/mol. The van der Waals surface area contributed by atoms with Crippen molar-refractivity contribution in [2.75, 3.05) is 13.0 Å². The minimum Gasteiger partial charge on any atom is -0.480 e. The Balaban J connectivity index is -0.000000109. The maximum Gasteiger partial charge on any atom is 1.00 e. The van der Waals surface area contributed by atoms with Crippen molar-refractivity contribution in [2.45, 2.75) is 63.6 Å². The zero-order chi connectivity index (χ0) is 35.8. The van der Waals surface area contributed by atoms with E-state index in [2.05, 4.69) is 4.99 Å². The van der Waals surface area contributed by atoms with E-state index in [9.17, 15) is 14.4 Å². The van der Waals surface area contributed by atoms with Crippen molar-refractivity contribution >= 4 is 38.0 Å². The first-order chi connectivity index (χ1) is 19.0. The Morgan fingerprint density at radius 2 is 1.33 bits per heavy atom.